The molecular formula is C116H82N4S2. The van der Waals surface area contributed by atoms with Crippen LogP contribution in [0.2, 0.25) is 0 Å². The Morgan fingerprint density at radius 1 is 0.172 bits per heavy atom. The Hall–Kier alpha value is -14.9. The van der Waals surface area contributed by atoms with Crippen LogP contribution in [0.1, 0.15) is 22.3 Å². The number of nitrogens with zero attached hydrogens (tertiary/aromatic N) is 4. The van der Waals surface area contributed by atoms with Gasteiger partial charge in [0.15, 0.2) is 0 Å². The molecule has 0 aliphatic carbocycles. The predicted octanol–water partition coefficient (Wildman–Crippen LogP) is 34.0. The molecule has 0 bridgehead atoms. The summed E-state index contributed by atoms with van der Waals surface area (Å²) < 4.78 is 4.95. The maximum absolute atomic E-state index is 2.50. The standard InChI is InChI=1S/C116H82N4S2/c1-77-45-59-89(60-46-77)117(93-67-55-85(56-68-93)81-25-7-3-8-26-81)105-73-109-113(101-41-19-15-37-97(101)105)114-102-42-20-16-38-98(102)106(74-110(114)121-109)118(94-69-57-86(58-70-94)82-27-9-4-10-28-82)91-63-51-79(52-64-91)49-50-80-53-65-92(66-54-80)120(96-36-24-34-88(72-96)84-31-13-6-14-32-84)108-76-112-116(104-44-22-18-40-100(104)108)115-103-43-21-17-39-99(103)107(75-111(115)122-112)119(90-61-47-78(2)48-62-90)95-35-23-33-87(71-95)83-29-11-5-12-30-83/h3-48,51-76H,49-50H2,1-2H3. The molecule has 578 valence electrons. The lowest BCUT2D eigenvalue weighted by molar-refractivity contribution is 0.960. The molecule has 0 radical (unpaired) electrons. The van der Waals surface area contributed by atoms with Gasteiger partial charge in [-0.2, -0.15) is 0 Å². The van der Waals surface area contributed by atoms with Crippen LogP contribution in [0.4, 0.5) is 68.2 Å². The Balaban J connectivity index is 0.622. The summed E-state index contributed by atoms with van der Waals surface area (Å²) in [7, 11) is 0. The molecule has 0 amide bonds. The van der Waals surface area contributed by atoms with Gasteiger partial charge in [-0.15, -0.1) is 22.7 Å². The zero-order valence-corrected chi connectivity index (χ0v) is 69.2. The molecule has 0 atom stereocenters. The summed E-state index contributed by atoms with van der Waals surface area (Å²) in [6.45, 7) is 4.33. The van der Waals surface area contributed by atoms with E-state index in [0.29, 0.717) is 0 Å². The average Bonchev–Trinajstić information content (AvgIpc) is 1.29. The highest BCUT2D eigenvalue weighted by Crippen LogP contribution is 2.55. The number of fused-ring (bicyclic) bond motifs is 14. The first-order valence-electron chi connectivity index (χ1n) is 42.0. The Morgan fingerprint density at radius 2 is 0.385 bits per heavy atom. The van der Waals surface area contributed by atoms with Gasteiger partial charge in [-0.3, -0.25) is 0 Å². The van der Waals surface area contributed by atoms with Gasteiger partial charge in [0.2, 0.25) is 0 Å². The molecule has 0 saturated heterocycles. The minimum absolute atomic E-state index is 0.868. The van der Waals surface area contributed by atoms with Crippen LogP contribution in [0.3, 0.4) is 0 Å². The van der Waals surface area contributed by atoms with Crippen molar-refractivity contribution in [3.63, 3.8) is 0 Å². The van der Waals surface area contributed by atoms with Gasteiger partial charge >= 0.3 is 0 Å². The third kappa shape index (κ3) is 13.5. The maximum Gasteiger partial charge on any atom is 0.0554 e. The Bertz CT molecular complexity index is 7660. The zero-order chi connectivity index (χ0) is 81.1. The van der Waals surface area contributed by atoms with Gasteiger partial charge in [0.05, 0.1) is 22.7 Å². The smallest absolute Gasteiger partial charge is 0.0554 e. The van der Waals surface area contributed by atoms with E-state index in [1.807, 2.05) is 22.7 Å². The van der Waals surface area contributed by atoms with Gasteiger partial charge in [0, 0.05) is 107 Å². The van der Waals surface area contributed by atoms with Crippen molar-refractivity contribution in [2.24, 2.45) is 0 Å². The van der Waals surface area contributed by atoms with Crippen LogP contribution in [0, 0.1) is 13.8 Å². The molecule has 0 saturated carbocycles. The molecule has 0 spiro atoms. The third-order valence-corrected chi connectivity index (χ3v) is 26.6. The van der Waals surface area contributed by atoms with Gasteiger partial charge in [-0.1, -0.05) is 327 Å². The Morgan fingerprint density at radius 3 is 0.664 bits per heavy atom. The summed E-state index contributed by atoms with van der Waals surface area (Å²) >= 11 is 3.78. The van der Waals surface area contributed by atoms with Crippen LogP contribution in [0.15, 0.2) is 437 Å². The summed E-state index contributed by atoms with van der Waals surface area (Å²) in [5.41, 5.74) is 27.8. The van der Waals surface area contributed by atoms with Crippen molar-refractivity contribution >= 4 is 174 Å². The van der Waals surface area contributed by atoms with Crippen molar-refractivity contribution in [3.8, 4) is 44.5 Å². The molecule has 0 aliphatic rings. The fourth-order valence-corrected chi connectivity index (χ4v) is 20.9. The molecule has 0 unspecified atom stereocenters. The van der Waals surface area contributed by atoms with Crippen LogP contribution < -0.4 is 19.6 Å². The van der Waals surface area contributed by atoms with Gasteiger partial charge in [0.1, 0.15) is 0 Å². The van der Waals surface area contributed by atoms with Crippen LogP contribution >= 0.6 is 22.7 Å². The first-order valence-corrected chi connectivity index (χ1v) is 43.7. The highest BCUT2D eigenvalue weighted by Gasteiger charge is 2.28. The van der Waals surface area contributed by atoms with E-state index in [-0.39, 0.29) is 0 Å². The average molecular weight is 1600 g/mol. The molecule has 6 heteroatoms. The number of thiophene rings is 2. The summed E-state index contributed by atoms with van der Waals surface area (Å²) in [6.07, 6.45) is 1.74. The first kappa shape index (κ1) is 73.5. The summed E-state index contributed by atoms with van der Waals surface area (Å²) in [6, 6.07) is 162. The lowest BCUT2D eigenvalue weighted by Gasteiger charge is -2.28. The van der Waals surface area contributed by atoms with Crippen molar-refractivity contribution in [2.45, 2.75) is 26.7 Å². The molecule has 22 rings (SSSR count). The fraction of sp³-hybridized carbons (Fsp3) is 0.0345. The van der Waals surface area contributed by atoms with Crippen molar-refractivity contribution < 1.29 is 0 Å². The number of rotatable bonds is 19. The highest BCUT2D eigenvalue weighted by molar-refractivity contribution is 7.26. The topological polar surface area (TPSA) is 13.0 Å². The largest absolute Gasteiger partial charge is 0.310 e. The van der Waals surface area contributed by atoms with E-state index in [2.05, 4.69) is 470 Å². The SMILES string of the molecule is Cc1ccc(N(c2ccc(-c3ccccc3)cc2)c2cc3sc4cc(N(c5ccc(CCc6ccc(N(c7cccc(-c8ccccc8)c7)c7cc8sc9cc(N(c%10ccc(C)cc%10)c%10cccc(-c%11ccccc%11)c%10)c%10ccccc%10c9c8c8ccccc78)cc6)cc5)c5ccc(-c6ccccc6)cc5)c5ccccc5c4c3c3ccccc23)cc1. The number of anilines is 12. The summed E-state index contributed by atoms with van der Waals surface area (Å²) in [5, 5.41) is 14.8. The summed E-state index contributed by atoms with van der Waals surface area (Å²) in [4.78, 5) is 9.90. The molecule has 20 aromatic carbocycles. The highest BCUT2D eigenvalue weighted by atomic mass is 32.1. The maximum atomic E-state index is 2.50. The Labute approximate surface area is 718 Å². The van der Waals surface area contributed by atoms with E-state index in [1.54, 1.807) is 0 Å². The van der Waals surface area contributed by atoms with E-state index in [1.165, 1.54) is 145 Å². The molecule has 122 heavy (non-hydrogen) atoms. The third-order valence-electron chi connectivity index (χ3n) is 24.4. The van der Waals surface area contributed by atoms with Crippen molar-refractivity contribution in [1.29, 1.82) is 0 Å². The van der Waals surface area contributed by atoms with Gasteiger partial charge in [-0.05, 0) is 225 Å². The van der Waals surface area contributed by atoms with E-state index < -0.39 is 0 Å². The monoisotopic (exact) mass is 1590 g/mol. The normalized spacial score (nSPS) is 11.6. The van der Waals surface area contributed by atoms with Gasteiger partial charge in [0.25, 0.3) is 0 Å². The number of hydrogen-bond donors (Lipinski definition) is 0. The fourth-order valence-electron chi connectivity index (χ4n) is 18.4. The van der Waals surface area contributed by atoms with Crippen LogP contribution in [0.25, 0.3) is 128 Å². The zero-order valence-electron chi connectivity index (χ0n) is 67.6. The van der Waals surface area contributed by atoms with E-state index in [0.717, 1.165) is 86.7 Å². The predicted molar refractivity (Wildman–Crippen MR) is 526 cm³/mol. The minimum Gasteiger partial charge on any atom is -0.310 e. The second-order valence-corrected chi connectivity index (χ2v) is 34.1. The second kappa shape index (κ2) is 31.4. The molecular weight excluding hydrogens is 1510 g/mol. The van der Waals surface area contributed by atoms with Crippen LogP contribution in [-0.2, 0) is 12.8 Å². The molecule has 0 N–H and O–H groups in total. The van der Waals surface area contributed by atoms with Crippen LogP contribution in [0.5, 0.6) is 0 Å². The number of hydrogen-bond acceptors (Lipinski definition) is 6. The quantitative estimate of drug-likeness (QED) is 0.0800. The molecule has 22 aromatic rings. The number of benzene rings is 20. The van der Waals surface area contributed by atoms with E-state index >= 15 is 0 Å². The van der Waals surface area contributed by atoms with Gasteiger partial charge < -0.3 is 19.6 Å². The number of aryl methyl sites for hydroxylation is 4. The molecule has 4 nitrogen and oxygen atoms in total. The Kier molecular flexibility index (Phi) is 18.9. The van der Waals surface area contributed by atoms with Crippen molar-refractivity contribution in [1.82, 2.24) is 0 Å². The van der Waals surface area contributed by atoms with Gasteiger partial charge in [-0.25, -0.2) is 0 Å². The van der Waals surface area contributed by atoms with E-state index in [9.17, 15) is 0 Å². The molecule has 2 aromatic heterocycles. The van der Waals surface area contributed by atoms with Crippen molar-refractivity contribution in [2.75, 3.05) is 19.6 Å². The molecule has 0 aliphatic heterocycles. The second-order valence-electron chi connectivity index (χ2n) is 32.0. The van der Waals surface area contributed by atoms with Crippen molar-refractivity contribution in [3.05, 3.63) is 459 Å². The minimum atomic E-state index is 0.868. The van der Waals surface area contributed by atoms with Crippen LogP contribution in [-0.4, -0.2) is 0 Å². The summed E-state index contributed by atoms with van der Waals surface area (Å²) in [5.74, 6) is 0. The lowest BCUT2D eigenvalue weighted by Crippen LogP contribution is -2.11. The molecule has 2 heterocycles. The van der Waals surface area contributed by atoms with E-state index in [4.69, 9.17) is 0 Å². The molecule has 0 fully saturated rings. The lowest BCUT2D eigenvalue weighted by atomic mass is 9.96. The first-order chi connectivity index (χ1) is 60.3.